The highest BCUT2D eigenvalue weighted by Gasteiger charge is 2.24. The minimum absolute atomic E-state index is 0.523. The van der Waals surface area contributed by atoms with Gasteiger partial charge in [-0.1, -0.05) is 12.8 Å². The van der Waals surface area contributed by atoms with E-state index in [0.717, 1.165) is 18.2 Å². The number of alkyl halides is 1. The fraction of sp³-hybridized carbons (Fsp3) is 0.714. The quantitative estimate of drug-likeness (QED) is 0.752. The highest BCUT2D eigenvalue weighted by molar-refractivity contribution is 6.18. The van der Waals surface area contributed by atoms with Gasteiger partial charge in [-0.05, 0) is 26.7 Å². The Morgan fingerprint density at radius 3 is 2.74 bits per heavy atom. The Labute approximate surface area is 120 Å². The minimum atomic E-state index is 0.523. The summed E-state index contributed by atoms with van der Waals surface area (Å²) in [5.74, 6) is 2.01. The van der Waals surface area contributed by atoms with Gasteiger partial charge in [0, 0.05) is 30.2 Å². The molecule has 0 aromatic carbocycles. The molecule has 2 rings (SSSR count). The first-order valence-electron chi connectivity index (χ1n) is 7.05. The van der Waals surface area contributed by atoms with Crippen molar-refractivity contribution in [1.82, 2.24) is 9.97 Å². The van der Waals surface area contributed by atoms with E-state index in [1.54, 1.807) is 0 Å². The zero-order valence-electron chi connectivity index (χ0n) is 11.7. The molecule has 0 unspecified atom stereocenters. The lowest BCUT2D eigenvalue weighted by atomic mass is 10.2. The van der Waals surface area contributed by atoms with Crippen LogP contribution >= 0.6 is 11.6 Å². The first kappa shape index (κ1) is 14.4. The lowest BCUT2D eigenvalue weighted by molar-refractivity contribution is 0.325. The third-order valence-corrected chi connectivity index (χ3v) is 3.63. The molecule has 0 saturated heterocycles. The maximum Gasteiger partial charge on any atom is 0.229 e. The molecule has 0 N–H and O–H groups in total. The summed E-state index contributed by atoms with van der Waals surface area (Å²) in [6.07, 6.45) is 4.98. The lowest BCUT2D eigenvalue weighted by Gasteiger charge is -2.28. The maximum atomic E-state index is 5.94. The van der Waals surface area contributed by atoms with Gasteiger partial charge < -0.3 is 9.64 Å². The summed E-state index contributed by atoms with van der Waals surface area (Å²) < 4.78 is 5.51. The van der Waals surface area contributed by atoms with Crippen LogP contribution in [0.1, 0.15) is 38.3 Å². The molecule has 106 valence electrons. The lowest BCUT2D eigenvalue weighted by Crippen LogP contribution is -2.36. The monoisotopic (exact) mass is 283 g/mol. The molecule has 0 spiro atoms. The molecule has 1 aliphatic carbocycles. The number of aryl methyl sites for hydroxylation is 1. The van der Waals surface area contributed by atoms with E-state index in [2.05, 4.69) is 14.9 Å². The fourth-order valence-electron chi connectivity index (χ4n) is 2.63. The molecule has 19 heavy (non-hydrogen) atoms. The Kier molecular flexibility index (Phi) is 5.25. The highest BCUT2D eigenvalue weighted by atomic mass is 35.5. The summed E-state index contributed by atoms with van der Waals surface area (Å²) in [6.45, 7) is 5.35. The number of hydrogen-bond acceptors (Lipinski definition) is 4. The van der Waals surface area contributed by atoms with Crippen molar-refractivity contribution in [2.45, 2.75) is 45.6 Å². The third kappa shape index (κ3) is 3.72. The first-order chi connectivity index (χ1) is 9.24. The summed E-state index contributed by atoms with van der Waals surface area (Å²) in [6, 6.07) is 2.40. The topological polar surface area (TPSA) is 38.2 Å². The van der Waals surface area contributed by atoms with E-state index in [4.69, 9.17) is 16.3 Å². The molecular weight excluding hydrogens is 262 g/mol. The van der Waals surface area contributed by atoms with Gasteiger partial charge in [0.15, 0.2) is 0 Å². The molecule has 1 fully saturated rings. The summed E-state index contributed by atoms with van der Waals surface area (Å²) >= 11 is 5.94. The van der Waals surface area contributed by atoms with E-state index >= 15 is 0 Å². The Hall–Kier alpha value is -1.03. The zero-order valence-corrected chi connectivity index (χ0v) is 12.5. The molecule has 0 atom stereocenters. The molecule has 5 heteroatoms. The van der Waals surface area contributed by atoms with Crippen molar-refractivity contribution in [2.24, 2.45) is 0 Å². The van der Waals surface area contributed by atoms with Gasteiger partial charge in [0.2, 0.25) is 11.8 Å². The molecule has 0 aliphatic heterocycles. The molecule has 1 aliphatic rings. The fourth-order valence-corrected chi connectivity index (χ4v) is 2.81. The van der Waals surface area contributed by atoms with E-state index in [1.807, 2.05) is 19.9 Å². The second-order valence-electron chi connectivity index (χ2n) is 4.90. The maximum absolute atomic E-state index is 5.94. The third-order valence-electron chi connectivity index (χ3n) is 3.46. The van der Waals surface area contributed by atoms with Gasteiger partial charge in [-0.2, -0.15) is 4.98 Å². The zero-order chi connectivity index (χ0) is 13.7. The van der Waals surface area contributed by atoms with Crippen LogP contribution in [0.5, 0.6) is 5.88 Å². The van der Waals surface area contributed by atoms with Crippen LogP contribution in [-0.4, -0.2) is 35.0 Å². The van der Waals surface area contributed by atoms with E-state index in [-0.39, 0.29) is 0 Å². The highest BCUT2D eigenvalue weighted by Crippen LogP contribution is 2.27. The van der Waals surface area contributed by atoms with Crippen molar-refractivity contribution < 1.29 is 4.74 Å². The van der Waals surface area contributed by atoms with Gasteiger partial charge in [0.1, 0.15) is 0 Å². The van der Waals surface area contributed by atoms with Crippen LogP contribution in [0.3, 0.4) is 0 Å². The van der Waals surface area contributed by atoms with Crippen molar-refractivity contribution in [2.75, 3.05) is 23.9 Å². The van der Waals surface area contributed by atoms with Crippen molar-refractivity contribution in [3.05, 3.63) is 11.8 Å². The SMILES string of the molecule is CCOc1cc(C)nc(N(CCCl)C2CCCC2)n1. The van der Waals surface area contributed by atoms with Crippen molar-refractivity contribution in [3.8, 4) is 5.88 Å². The molecule has 1 aromatic heterocycles. The number of hydrogen-bond donors (Lipinski definition) is 0. The molecule has 0 radical (unpaired) electrons. The average molecular weight is 284 g/mol. The predicted octanol–water partition coefficient (Wildman–Crippen LogP) is 3.17. The molecule has 4 nitrogen and oxygen atoms in total. The second kappa shape index (κ2) is 6.94. The average Bonchev–Trinajstić information content (AvgIpc) is 2.89. The van der Waals surface area contributed by atoms with Gasteiger partial charge in [0.05, 0.1) is 6.61 Å². The molecule has 1 heterocycles. The summed E-state index contributed by atoms with van der Waals surface area (Å²) in [7, 11) is 0. The number of halogens is 1. The van der Waals surface area contributed by atoms with Crippen LogP contribution in [0.4, 0.5) is 5.95 Å². The van der Waals surface area contributed by atoms with Gasteiger partial charge >= 0.3 is 0 Å². The van der Waals surface area contributed by atoms with Crippen LogP contribution in [0.15, 0.2) is 6.07 Å². The molecule has 0 amide bonds. The van der Waals surface area contributed by atoms with Gasteiger partial charge in [-0.15, -0.1) is 11.6 Å². The standard InChI is InChI=1S/C14H22ClN3O/c1-3-19-13-10-11(2)16-14(17-13)18(9-8-15)12-6-4-5-7-12/h10,12H,3-9H2,1-2H3. The Bertz CT molecular complexity index is 408. The first-order valence-corrected chi connectivity index (χ1v) is 7.59. The van der Waals surface area contributed by atoms with Crippen molar-refractivity contribution in [3.63, 3.8) is 0 Å². The van der Waals surface area contributed by atoms with Crippen molar-refractivity contribution in [1.29, 1.82) is 0 Å². The second-order valence-corrected chi connectivity index (χ2v) is 5.28. The van der Waals surface area contributed by atoms with E-state index in [0.29, 0.717) is 24.4 Å². The number of nitrogens with zero attached hydrogens (tertiary/aromatic N) is 3. The number of anilines is 1. The summed E-state index contributed by atoms with van der Waals surface area (Å²) in [5, 5.41) is 0. The molecule has 1 saturated carbocycles. The van der Waals surface area contributed by atoms with E-state index in [1.165, 1.54) is 25.7 Å². The Balaban J connectivity index is 2.24. The summed E-state index contributed by atoms with van der Waals surface area (Å²) in [4.78, 5) is 11.3. The number of ether oxygens (including phenoxy) is 1. The van der Waals surface area contributed by atoms with Crippen LogP contribution in [-0.2, 0) is 0 Å². The minimum Gasteiger partial charge on any atom is -0.478 e. The largest absolute Gasteiger partial charge is 0.478 e. The van der Waals surface area contributed by atoms with Gasteiger partial charge in [0.25, 0.3) is 0 Å². The smallest absolute Gasteiger partial charge is 0.229 e. The van der Waals surface area contributed by atoms with Crippen LogP contribution < -0.4 is 9.64 Å². The molecular formula is C14H22ClN3O. The van der Waals surface area contributed by atoms with Crippen LogP contribution in [0, 0.1) is 6.92 Å². The van der Waals surface area contributed by atoms with Crippen molar-refractivity contribution >= 4 is 17.5 Å². The van der Waals surface area contributed by atoms with Crippen LogP contribution in [0.25, 0.3) is 0 Å². The molecule has 0 bridgehead atoms. The Morgan fingerprint density at radius 2 is 2.11 bits per heavy atom. The molecule has 1 aromatic rings. The van der Waals surface area contributed by atoms with Gasteiger partial charge in [-0.25, -0.2) is 4.98 Å². The van der Waals surface area contributed by atoms with E-state index < -0.39 is 0 Å². The number of rotatable bonds is 6. The Morgan fingerprint density at radius 1 is 1.37 bits per heavy atom. The normalized spacial score (nSPS) is 15.7. The predicted molar refractivity (Wildman–Crippen MR) is 78.3 cm³/mol. The van der Waals surface area contributed by atoms with E-state index in [9.17, 15) is 0 Å². The summed E-state index contributed by atoms with van der Waals surface area (Å²) in [5.41, 5.74) is 0.936. The number of aromatic nitrogens is 2. The van der Waals surface area contributed by atoms with Gasteiger partial charge in [-0.3, -0.25) is 0 Å². The van der Waals surface area contributed by atoms with Crippen LogP contribution in [0.2, 0.25) is 0 Å².